The molecule has 4 heterocycles. The van der Waals surface area contributed by atoms with Crippen molar-refractivity contribution in [1.29, 1.82) is 0 Å². The molecule has 0 spiro atoms. The van der Waals surface area contributed by atoms with Crippen LogP contribution in [0, 0.1) is 0 Å². The second kappa shape index (κ2) is 15.1. The highest BCUT2D eigenvalue weighted by molar-refractivity contribution is 7.26. The van der Waals surface area contributed by atoms with Gasteiger partial charge in [-0.1, -0.05) is 133 Å². The van der Waals surface area contributed by atoms with Crippen molar-refractivity contribution in [3.05, 3.63) is 218 Å². The van der Waals surface area contributed by atoms with Crippen LogP contribution in [0.4, 0.5) is 0 Å². The van der Waals surface area contributed by atoms with E-state index in [1.54, 1.807) is 11.3 Å². The summed E-state index contributed by atoms with van der Waals surface area (Å²) in [6.45, 7) is 0. The molecular weight excluding hydrogens is 813 g/mol. The van der Waals surface area contributed by atoms with Gasteiger partial charge in [-0.2, -0.15) is 0 Å². The molecule has 7 heteroatoms. The molecule has 0 saturated heterocycles. The van der Waals surface area contributed by atoms with Crippen molar-refractivity contribution in [3.8, 4) is 68.1 Å². The molecule has 6 nitrogen and oxygen atoms in total. The lowest BCUT2D eigenvalue weighted by Gasteiger charge is -2.11. The molecule has 0 N–H and O–H groups in total. The summed E-state index contributed by atoms with van der Waals surface area (Å²) in [5, 5.41) is 4.70. The molecule has 0 aliphatic heterocycles. The molecule has 0 aliphatic carbocycles. The number of imidazole rings is 1. The monoisotopic (exact) mass is 848 g/mol. The van der Waals surface area contributed by atoms with Crippen molar-refractivity contribution in [2.75, 3.05) is 0 Å². The van der Waals surface area contributed by atoms with E-state index < -0.39 is 0 Å². The third-order valence-electron chi connectivity index (χ3n) is 12.4. The number of aromatic nitrogens is 6. The lowest BCUT2D eigenvalue weighted by atomic mass is 10.00. The van der Waals surface area contributed by atoms with Crippen LogP contribution in [0.5, 0.6) is 0 Å². The van der Waals surface area contributed by atoms with Gasteiger partial charge in [-0.25, -0.2) is 19.9 Å². The lowest BCUT2D eigenvalue weighted by Crippen LogP contribution is -2.00. The molecule has 0 saturated carbocycles. The van der Waals surface area contributed by atoms with Crippen LogP contribution in [0.3, 0.4) is 0 Å². The predicted octanol–water partition coefficient (Wildman–Crippen LogP) is 15.0. The highest BCUT2D eigenvalue weighted by atomic mass is 32.1. The van der Waals surface area contributed by atoms with Gasteiger partial charge in [0, 0.05) is 64.6 Å². The average molecular weight is 849 g/mol. The third kappa shape index (κ3) is 6.24. The molecule has 0 bridgehead atoms. The predicted molar refractivity (Wildman–Crippen MR) is 269 cm³/mol. The summed E-state index contributed by atoms with van der Waals surface area (Å²) in [5.41, 5.74) is 12.7. The Morgan fingerprint density at radius 2 is 0.892 bits per heavy atom. The zero-order chi connectivity index (χ0) is 42.8. The van der Waals surface area contributed by atoms with Crippen LogP contribution < -0.4 is 0 Å². The van der Waals surface area contributed by atoms with E-state index in [1.807, 2.05) is 30.3 Å². The van der Waals surface area contributed by atoms with Crippen molar-refractivity contribution in [3.63, 3.8) is 0 Å². The summed E-state index contributed by atoms with van der Waals surface area (Å²) >= 11 is 1.78. The molecule has 13 aromatic rings. The van der Waals surface area contributed by atoms with Gasteiger partial charge in [0.15, 0.2) is 17.5 Å². The second-order valence-electron chi connectivity index (χ2n) is 16.3. The van der Waals surface area contributed by atoms with E-state index in [2.05, 4.69) is 197 Å². The molecule has 0 amide bonds. The van der Waals surface area contributed by atoms with Gasteiger partial charge in [0.2, 0.25) is 0 Å². The van der Waals surface area contributed by atoms with Crippen LogP contribution in [0.1, 0.15) is 0 Å². The van der Waals surface area contributed by atoms with E-state index >= 15 is 0 Å². The summed E-state index contributed by atoms with van der Waals surface area (Å²) < 4.78 is 6.93. The fourth-order valence-corrected chi connectivity index (χ4v) is 10.6. The van der Waals surface area contributed by atoms with Gasteiger partial charge in [-0.3, -0.25) is 4.57 Å². The fourth-order valence-electron chi connectivity index (χ4n) is 9.36. The molecule has 0 atom stereocenters. The van der Waals surface area contributed by atoms with Gasteiger partial charge >= 0.3 is 0 Å². The Labute approximate surface area is 378 Å². The van der Waals surface area contributed by atoms with Crippen LogP contribution in [-0.4, -0.2) is 29.1 Å². The van der Waals surface area contributed by atoms with Crippen molar-refractivity contribution in [2.45, 2.75) is 0 Å². The Balaban J connectivity index is 0.935. The summed E-state index contributed by atoms with van der Waals surface area (Å²) in [4.78, 5) is 20.8. The topological polar surface area (TPSA) is 61.4 Å². The standard InChI is InChI=1S/C58H36N6S/c1-4-16-37(17-5-1)55-60-56(40-30-32-51-47(36-40)44-24-10-12-28-50(44)63(51)42-20-6-2-7-21-42)62-57(61-55)46-26-15-25-45-48-35-39(31-33-53(48)65-54(45)46)38-18-14-19-41(34-38)58-59-49-27-11-13-29-52(49)64(58)43-22-8-3-9-23-43/h1-36H. The first-order valence-electron chi connectivity index (χ1n) is 21.7. The second-order valence-corrected chi connectivity index (χ2v) is 17.3. The number of nitrogens with zero attached hydrogens (tertiary/aromatic N) is 6. The zero-order valence-electron chi connectivity index (χ0n) is 34.9. The number of para-hydroxylation sites is 5. The molecule has 4 aromatic heterocycles. The van der Waals surface area contributed by atoms with Crippen LogP contribution in [0.2, 0.25) is 0 Å². The molecule has 0 aliphatic rings. The maximum Gasteiger partial charge on any atom is 0.165 e. The molecule has 65 heavy (non-hydrogen) atoms. The number of hydrogen-bond donors (Lipinski definition) is 0. The van der Waals surface area contributed by atoms with Gasteiger partial charge in [0.25, 0.3) is 0 Å². The third-order valence-corrected chi connectivity index (χ3v) is 13.6. The smallest absolute Gasteiger partial charge is 0.165 e. The van der Waals surface area contributed by atoms with Gasteiger partial charge in [0.05, 0.1) is 22.1 Å². The SMILES string of the molecule is c1ccc(-c2nc(-c3ccc4c(c3)c3ccccc3n4-c3ccccc3)nc(-c3cccc4c3sc3ccc(-c5cccc(-c6nc7ccccc7n6-c6ccccc6)c5)cc34)n2)cc1. The Hall–Kier alpha value is -8.52. The van der Waals surface area contributed by atoms with Gasteiger partial charge < -0.3 is 4.57 Å². The zero-order valence-corrected chi connectivity index (χ0v) is 35.7. The number of fused-ring (bicyclic) bond motifs is 7. The number of hydrogen-bond acceptors (Lipinski definition) is 5. The van der Waals surface area contributed by atoms with Crippen LogP contribution in [-0.2, 0) is 0 Å². The Morgan fingerprint density at radius 3 is 1.71 bits per heavy atom. The molecular formula is C58H36N6S. The molecule has 9 aromatic carbocycles. The fraction of sp³-hybridized carbons (Fsp3) is 0. The Morgan fingerprint density at radius 1 is 0.323 bits per heavy atom. The minimum absolute atomic E-state index is 0.633. The summed E-state index contributed by atoms with van der Waals surface area (Å²) in [6.07, 6.45) is 0. The van der Waals surface area contributed by atoms with Crippen LogP contribution in [0.25, 0.3) is 121 Å². The molecule has 13 rings (SSSR count). The van der Waals surface area contributed by atoms with Gasteiger partial charge in [-0.05, 0) is 96.1 Å². The molecule has 0 fully saturated rings. The molecule has 0 radical (unpaired) electrons. The highest BCUT2D eigenvalue weighted by Crippen LogP contribution is 2.42. The van der Waals surface area contributed by atoms with Crippen molar-refractivity contribution in [1.82, 2.24) is 29.1 Å². The van der Waals surface area contributed by atoms with Crippen LogP contribution in [0.15, 0.2) is 218 Å². The number of benzene rings is 9. The summed E-state index contributed by atoms with van der Waals surface area (Å²) in [7, 11) is 0. The summed E-state index contributed by atoms with van der Waals surface area (Å²) in [5.74, 6) is 2.83. The molecule has 304 valence electrons. The van der Waals surface area contributed by atoms with E-state index in [0.717, 1.165) is 82.7 Å². The largest absolute Gasteiger partial charge is 0.309 e. The minimum atomic E-state index is 0.633. The van der Waals surface area contributed by atoms with Crippen molar-refractivity contribution < 1.29 is 0 Å². The first-order valence-corrected chi connectivity index (χ1v) is 22.5. The lowest BCUT2D eigenvalue weighted by molar-refractivity contribution is 1.08. The first kappa shape index (κ1) is 37.1. The van der Waals surface area contributed by atoms with Crippen LogP contribution >= 0.6 is 11.3 Å². The Bertz CT molecular complexity index is 3940. The van der Waals surface area contributed by atoms with E-state index in [4.69, 9.17) is 19.9 Å². The number of rotatable bonds is 7. The van der Waals surface area contributed by atoms with E-state index in [-0.39, 0.29) is 0 Å². The van der Waals surface area contributed by atoms with E-state index in [9.17, 15) is 0 Å². The quantitative estimate of drug-likeness (QED) is 0.160. The average Bonchev–Trinajstić information content (AvgIpc) is 4.07. The summed E-state index contributed by atoms with van der Waals surface area (Å²) in [6, 6.07) is 76.8. The number of thiophene rings is 1. The first-order chi connectivity index (χ1) is 32.2. The van der Waals surface area contributed by atoms with Crippen molar-refractivity contribution >= 4 is 64.3 Å². The normalized spacial score (nSPS) is 11.7. The van der Waals surface area contributed by atoms with E-state index in [1.165, 1.54) is 20.9 Å². The highest BCUT2D eigenvalue weighted by Gasteiger charge is 2.20. The molecule has 0 unspecified atom stereocenters. The van der Waals surface area contributed by atoms with Gasteiger partial charge in [-0.15, -0.1) is 11.3 Å². The van der Waals surface area contributed by atoms with Crippen molar-refractivity contribution in [2.24, 2.45) is 0 Å². The maximum absolute atomic E-state index is 5.29. The van der Waals surface area contributed by atoms with Gasteiger partial charge in [0.1, 0.15) is 5.82 Å². The Kier molecular flexibility index (Phi) is 8.60. The maximum atomic E-state index is 5.29. The van der Waals surface area contributed by atoms with E-state index in [0.29, 0.717) is 17.5 Å². The minimum Gasteiger partial charge on any atom is -0.309 e.